The minimum atomic E-state index is 0.433. The first-order valence-corrected chi connectivity index (χ1v) is 9.25. The molecule has 0 aliphatic heterocycles. The summed E-state index contributed by atoms with van der Waals surface area (Å²) in [5.41, 5.74) is 2.63. The van der Waals surface area contributed by atoms with Crippen LogP contribution < -0.4 is 10.6 Å². The molecule has 0 amide bonds. The molecule has 0 saturated carbocycles. The standard InChI is InChI=1S/C17H13BrCl2N4S/c18-12-8-21-24(10-12)9-11-2-1-3-14(6-11)22-17(25)23-16-7-13(19)4-5-15(16)20/h1-8,10H,9H2,(H2,22,23,25). The summed E-state index contributed by atoms with van der Waals surface area (Å²) in [4.78, 5) is 0. The van der Waals surface area contributed by atoms with Crippen molar-refractivity contribution in [2.75, 3.05) is 10.6 Å². The van der Waals surface area contributed by atoms with Crippen LogP contribution in [0.5, 0.6) is 0 Å². The molecule has 0 saturated heterocycles. The Morgan fingerprint density at radius 1 is 1.16 bits per heavy atom. The molecule has 1 heterocycles. The molecule has 8 heteroatoms. The number of nitrogens with zero attached hydrogens (tertiary/aromatic N) is 2. The quantitative estimate of drug-likeness (QED) is 0.487. The molecular formula is C17H13BrCl2N4S. The molecule has 0 aliphatic rings. The van der Waals surface area contributed by atoms with E-state index in [0.29, 0.717) is 27.4 Å². The van der Waals surface area contributed by atoms with Crippen LogP contribution in [0.3, 0.4) is 0 Å². The number of benzene rings is 2. The number of aromatic nitrogens is 2. The third-order valence-electron chi connectivity index (χ3n) is 3.31. The number of rotatable bonds is 4. The molecule has 0 unspecified atom stereocenters. The van der Waals surface area contributed by atoms with Gasteiger partial charge in [0, 0.05) is 16.9 Å². The van der Waals surface area contributed by atoms with E-state index in [1.54, 1.807) is 24.4 Å². The molecule has 128 valence electrons. The van der Waals surface area contributed by atoms with Crippen LogP contribution in [-0.2, 0) is 6.54 Å². The number of nitrogens with one attached hydrogen (secondary N) is 2. The summed E-state index contributed by atoms with van der Waals surface area (Å²) in [6.45, 7) is 0.668. The van der Waals surface area contributed by atoms with Crippen LogP contribution in [0.15, 0.2) is 59.3 Å². The molecule has 1 aromatic heterocycles. The summed E-state index contributed by atoms with van der Waals surface area (Å²) in [6.07, 6.45) is 3.68. The molecule has 0 bridgehead atoms. The predicted molar refractivity (Wildman–Crippen MR) is 112 cm³/mol. The number of anilines is 2. The summed E-state index contributed by atoms with van der Waals surface area (Å²) in [5, 5.41) is 12.0. The van der Waals surface area contributed by atoms with Gasteiger partial charge in [-0.05, 0) is 64.0 Å². The van der Waals surface area contributed by atoms with E-state index in [4.69, 9.17) is 35.4 Å². The molecule has 0 radical (unpaired) electrons. The molecule has 4 nitrogen and oxygen atoms in total. The first kappa shape index (κ1) is 18.2. The van der Waals surface area contributed by atoms with E-state index in [9.17, 15) is 0 Å². The average molecular weight is 456 g/mol. The molecular weight excluding hydrogens is 443 g/mol. The Kier molecular flexibility index (Phi) is 5.96. The summed E-state index contributed by atoms with van der Waals surface area (Å²) < 4.78 is 2.80. The number of thiocarbonyl (C=S) groups is 1. The first-order chi connectivity index (χ1) is 12.0. The normalized spacial score (nSPS) is 10.5. The van der Waals surface area contributed by atoms with Gasteiger partial charge in [-0.3, -0.25) is 4.68 Å². The van der Waals surface area contributed by atoms with Crippen molar-refractivity contribution in [3.05, 3.63) is 74.9 Å². The van der Waals surface area contributed by atoms with Crippen molar-refractivity contribution in [3.63, 3.8) is 0 Å². The second-order valence-electron chi connectivity index (χ2n) is 5.26. The van der Waals surface area contributed by atoms with Gasteiger partial charge in [0.15, 0.2) is 5.11 Å². The minimum absolute atomic E-state index is 0.433. The summed E-state index contributed by atoms with van der Waals surface area (Å²) in [6, 6.07) is 13.1. The fourth-order valence-electron chi connectivity index (χ4n) is 2.24. The molecule has 3 aromatic rings. The lowest BCUT2D eigenvalue weighted by Crippen LogP contribution is -2.19. The van der Waals surface area contributed by atoms with E-state index in [-0.39, 0.29) is 0 Å². The summed E-state index contributed by atoms with van der Waals surface area (Å²) in [7, 11) is 0. The van der Waals surface area contributed by atoms with Crippen molar-refractivity contribution in [2.45, 2.75) is 6.54 Å². The fraction of sp³-hybridized carbons (Fsp3) is 0.0588. The predicted octanol–water partition coefficient (Wildman–Crippen LogP) is 5.81. The van der Waals surface area contributed by atoms with Crippen LogP contribution in [0.2, 0.25) is 10.0 Å². The van der Waals surface area contributed by atoms with Crippen molar-refractivity contribution in [1.29, 1.82) is 0 Å². The number of halogens is 3. The maximum atomic E-state index is 6.14. The highest BCUT2D eigenvalue weighted by molar-refractivity contribution is 9.10. The molecule has 2 aromatic carbocycles. The highest BCUT2D eigenvalue weighted by Crippen LogP contribution is 2.25. The lowest BCUT2D eigenvalue weighted by atomic mass is 10.2. The third kappa shape index (κ3) is 5.19. The molecule has 2 N–H and O–H groups in total. The molecule has 0 atom stereocenters. The fourth-order valence-corrected chi connectivity index (χ4v) is 3.13. The Balaban J connectivity index is 1.67. The highest BCUT2D eigenvalue weighted by atomic mass is 79.9. The van der Waals surface area contributed by atoms with Crippen molar-refractivity contribution in [2.24, 2.45) is 0 Å². The van der Waals surface area contributed by atoms with Gasteiger partial charge in [-0.1, -0.05) is 35.3 Å². The van der Waals surface area contributed by atoms with Crippen LogP contribution >= 0.6 is 51.3 Å². The van der Waals surface area contributed by atoms with Crippen LogP contribution in [0.4, 0.5) is 11.4 Å². The Morgan fingerprint density at radius 3 is 2.76 bits per heavy atom. The van der Waals surface area contributed by atoms with Gasteiger partial charge in [-0.15, -0.1) is 0 Å². The van der Waals surface area contributed by atoms with Crippen molar-refractivity contribution in [1.82, 2.24) is 9.78 Å². The zero-order valence-electron chi connectivity index (χ0n) is 12.8. The smallest absolute Gasteiger partial charge is 0.175 e. The van der Waals surface area contributed by atoms with E-state index >= 15 is 0 Å². The summed E-state index contributed by atoms with van der Waals surface area (Å²) >= 11 is 20.9. The molecule has 0 fully saturated rings. The van der Waals surface area contributed by atoms with Gasteiger partial charge in [0.1, 0.15) is 0 Å². The second kappa shape index (κ2) is 8.19. The monoisotopic (exact) mass is 454 g/mol. The van der Waals surface area contributed by atoms with Gasteiger partial charge in [0.25, 0.3) is 0 Å². The Bertz CT molecular complexity index is 913. The molecule has 0 spiro atoms. The van der Waals surface area contributed by atoms with Crippen LogP contribution in [0.1, 0.15) is 5.56 Å². The van der Waals surface area contributed by atoms with Gasteiger partial charge >= 0.3 is 0 Å². The largest absolute Gasteiger partial charge is 0.332 e. The van der Waals surface area contributed by atoms with Gasteiger partial charge < -0.3 is 10.6 Å². The SMILES string of the molecule is S=C(Nc1cccc(Cn2cc(Br)cn2)c1)Nc1cc(Cl)ccc1Cl. The van der Waals surface area contributed by atoms with Crippen molar-refractivity contribution < 1.29 is 0 Å². The van der Waals surface area contributed by atoms with Crippen LogP contribution in [0.25, 0.3) is 0 Å². The van der Waals surface area contributed by atoms with E-state index < -0.39 is 0 Å². The Hall–Kier alpha value is -1.60. The van der Waals surface area contributed by atoms with Gasteiger partial charge in [0.2, 0.25) is 0 Å². The zero-order chi connectivity index (χ0) is 17.8. The minimum Gasteiger partial charge on any atom is -0.332 e. The first-order valence-electron chi connectivity index (χ1n) is 7.29. The lowest BCUT2D eigenvalue weighted by Gasteiger charge is -2.13. The van der Waals surface area contributed by atoms with Gasteiger partial charge in [-0.25, -0.2) is 0 Å². The van der Waals surface area contributed by atoms with E-state index in [1.165, 1.54) is 0 Å². The topological polar surface area (TPSA) is 41.9 Å². The van der Waals surface area contributed by atoms with E-state index in [2.05, 4.69) is 31.7 Å². The van der Waals surface area contributed by atoms with Crippen molar-refractivity contribution in [3.8, 4) is 0 Å². The number of hydrogen-bond donors (Lipinski definition) is 2. The maximum Gasteiger partial charge on any atom is 0.175 e. The zero-order valence-corrected chi connectivity index (χ0v) is 16.8. The molecule has 25 heavy (non-hydrogen) atoms. The van der Waals surface area contributed by atoms with Gasteiger partial charge in [0.05, 0.1) is 27.9 Å². The lowest BCUT2D eigenvalue weighted by molar-refractivity contribution is 0.687. The van der Waals surface area contributed by atoms with Crippen molar-refractivity contribution >= 4 is 67.8 Å². The summed E-state index contributed by atoms with van der Waals surface area (Å²) in [5.74, 6) is 0. The van der Waals surface area contributed by atoms with Gasteiger partial charge in [-0.2, -0.15) is 5.10 Å². The maximum absolute atomic E-state index is 6.14. The Morgan fingerprint density at radius 2 is 2.00 bits per heavy atom. The highest BCUT2D eigenvalue weighted by Gasteiger charge is 2.05. The number of hydrogen-bond acceptors (Lipinski definition) is 2. The average Bonchev–Trinajstić information content (AvgIpc) is 2.96. The Labute approximate surface area is 169 Å². The van der Waals surface area contributed by atoms with Crippen LogP contribution in [-0.4, -0.2) is 14.9 Å². The van der Waals surface area contributed by atoms with E-state index in [0.717, 1.165) is 15.7 Å². The molecule has 3 rings (SSSR count). The van der Waals surface area contributed by atoms with Crippen LogP contribution in [0, 0.1) is 0 Å². The third-order valence-corrected chi connectivity index (χ3v) is 4.49. The van der Waals surface area contributed by atoms with E-state index in [1.807, 2.05) is 35.1 Å². The molecule has 0 aliphatic carbocycles. The second-order valence-corrected chi connectivity index (χ2v) is 7.43.